The Morgan fingerprint density at radius 3 is 2.61 bits per heavy atom. The number of carbonyl (C=O) groups is 1. The van der Waals surface area contributed by atoms with E-state index >= 15 is 0 Å². The highest BCUT2D eigenvalue weighted by Gasteiger charge is 2.29. The SMILES string of the molecule is O=C(Nc1nnc(S(=O)(=O)N2CCCCCC2)s1)c1ccco1. The molecule has 1 fully saturated rings. The van der Waals surface area contributed by atoms with Crippen molar-refractivity contribution in [2.45, 2.75) is 30.0 Å². The van der Waals surface area contributed by atoms with Crippen LogP contribution in [0.3, 0.4) is 0 Å². The van der Waals surface area contributed by atoms with Crippen LogP contribution in [0.5, 0.6) is 0 Å². The zero-order valence-corrected chi connectivity index (χ0v) is 13.9. The van der Waals surface area contributed by atoms with Gasteiger partial charge in [0.2, 0.25) is 9.47 Å². The van der Waals surface area contributed by atoms with Crippen LogP contribution in [0.4, 0.5) is 5.13 Å². The van der Waals surface area contributed by atoms with E-state index in [2.05, 4.69) is 15.5 Å². The average Bonchev–Trinajstić information content (AvgIpc) is 3.14. The number of anilines is 1. The van der Waals surface area contributed by atoms with Crippen molar-refractivity contribution in [1.82, 2.24) is 14.5 Å². The van der Waals surface area contributed by atoms with Gasteiger partial charge in [-0.05, 0) is 25.0 Å². The number of nitrogens with zero attached hydrogens (tertiary/aromatic N) is 3. The lowest BCUT2D eigenvalue weighted by atomic mass is 10.2. The summed E-state index contributed by atoms with van der Waals surface area (Å²) in [5.74, 6) is -0.373. The van der Waals surface area contributed by atoms with E-state index in [0.29, 0.717) is 13.1 Å². The highest BCUT2D eigenvalue weighted by molar-refractivity contribution is 7.91. The van der Waals surface area contributed by atoms with Gasteiger partial charge in [0.25, 0.3) is 15.9 Å². The summed E-state index contributed by atoms with van der Waals surface area (Å²) in [6.45, 7) is 0.992. The van der Waals surface area contributed by atoms with Crippen molar-refractivity contribution in [3.8, 4) is 0 Å². The number of sulfonamides is 1. The lowest BCUT2D eigenvalue weighted by molar-refractivity contribution is 0.0996. The highest BCUT2D eigenvalue weighted by atomic mass is 32.2. The molecular weight excluding hydrogens is 340 g/mol. The zero-order valence-electron chi connectivity index (χ0n) is 12.3. The van der Waals surface area contributed by atoms with Gasteiger partial charge in [-0.1, -0.05) is 24.2 Å². The van der Waals surface area contributed by atoms with Crippen LogP contribution in [0, 0.1) is 0 Å². The minimum atomic E-state index is -3.65. The third-order valence-corrected chi connectivity index (χ3v) is 6.58. The second-order valence-electron chi connectivity index (χ2n) is 5.12. The van der Waals surface area contributed by atoms with E-state index in [-0.39, 0.29) is 15.2 Å². The largest absolute Gasteiger partial charge is 0.459 e. The van der Waals surface area contributed by atoms with E-state index < -0.39 is 15.9 Å². The predicted octanol–water partition coefficient (Wildman–Crippen LogP) is 1.95. The molecule has 2 aromatic heterocycles. The van der Waals surface area contributed by atoms with Gasteiger partial charge in [-0.15, -0.1) is 10.2 Å². The number of nitrogens with one attached hydrogen (secondary N) is 1. The minimum absolute atomic E-state index is 0.103. The summed E-state index contributed by atoms with van der Waals surface area (Å²) in [7, 11) is -3.65. The average molecular weight is 356 g/mol. The number of hydrogen-bond donors (Lipinski definition) is 1. The minimum Gasteiger partial charge on any atom is -0.459 e. The molecule has 124 valence electrons. The number of furan rings is 1. The smallest absolute Gasteiger partial charge is 0.293 e. The first kappa shape index (κ1) is 16.1. The summed E-state index contributed by atoms with van der Waals surface area (Å²) in [4.78, 5) is 11.9. The molecule has 1 aliphatic heterocycles. The number of rotatable bonds is 4. The van der Waals surface area contributed by atoms with Gasteiger partial charge in [-0.3, -0.25) is 10.1 Å². The topological polar surface area (TPSA) is 105 Å². The van der Waals surface area contributed by atoms with Gasteiger partial charge in [0.05, 0.1) is 6.26 Å². The second-order valence-corrected chi connectivity index (χ2v) is 8.21. The molecule has 10 heteroatoms. The Morgan fingerprint density at radius 1 is 1.22 bits per heavy atom. The molecule has 3 rings (SSSR count). The molecule has 1 N–H and O–H groups in total. The Kier molecular flexibility index (Phi) is 4.74. The Balaban J connectivity index is 1.74. The first-order valence-electron chi connectivity index (χ1n) is 7.26. The van der Waals surface area contributed by atoms with Crippen LogP contribution < -0.4 is 5.32 Å². The van der Waals surface area contributed by atoms with Crippen molar-refractivity contribution in [3.63, 3.8) is 0 Å². The summed E-state index contributed by atoms with van der Waals surface area (Å²) in [6, 6.07) is 3.09. The third-order valence-electron chi connectivity index (χ3n) is 3.50. The predicted molar refractivity (Wildman–Crippen MR) is 83.8 cm³/mol. The molecule has 0 saturated carbocycles. The van der Waals surface area contributed by atoms with Gasteiger partial charge >= 0.3 is 0 Å². The number of hydrogen-bond acceptors (Lipinski definition) is 7. The molecule has 2 aromatic rings. The van der Waals surface area contributed by atoms with E-state index in [4.69, 9.17) is 4.42 Å². The first-order valence-corrected chi connectivity index (χ1v) is 9.51. The molecule has 0 radical (unpaired) electrons. The van der Waals surface area contributed by atoms with Crippen LogP contribution in [-0.4, -0.2) is 41.9 Å². The standard InChI is InChI=1S/C13H16N4O4S2/c18-11(10-6-5-9-21-10)14-12-15-16-13(22-12)23(19,20)17-7-3-1-2-4-8-17/h5-6,9H,1-4,7-8H2,(H,14,15,18). The Bertz CT molecular complexity index is 762. The van der Waals surface area contributed by atoms with Crippen LogP contribution >= 0.6 is 11.3 Å². The van der Waals surface area contributed by atoms with Gasteiger partial charge in [-0.2, -0.15) is 4.31 Å². The molecule has 0 spiro atoms. The molecule has 3 heterocycles. The fraction of sp³-hybridized carbons (Fsp3) is 0.462. The van der Waals surface area contributed by atoms with Gasteiger partial charge in [0.15, 0.2) is 5.76 Å². The number of carbonyl (C=O) groups excluding carboxylic acids is 1. The maximum Gasteiger partial charge on any atom is 0.293 e. The lowest BCUT2D eigenvalue weighted by Crippen LogP contribution is -2.31. The molecule has 1 aliphatic rings. The van der Waals surface area contributed by atoms with Crippen LogP contribution in [0.1, 0.15) is 36.2 Å². The van der Waals surface area contributed by atoms with Crippen LogP contribution in [0.15, 0.2) is 27.2 Å². The van der Waals surface area contributed by atoms with E-state index in [1.54, 1.807) is 6.07 Å². The molecule has 1 saturated heterocycles. The van der Waals surface area contributed by atoms with E-state index in [0.717, 1.165) is 37.0 Å². The van der Waals surface area contributed by atoms with E-state index in [1.807, 2.05) is 0 Å². The van der Waals surface area contributed by atoms with Gasteiger partial charge in [0.1, 0.15) is 0 Å². The highest BCUT2D eigenvalue weighted by Crippen LogP contribution is 2.25. The van der Waals surface area contributed by atoms with Crippen LogP contribution in [-0.2, 0) is 10.0 Å². The van der Waals surface area contributed by atoms with Crippen molar-refractivity contribution in [2.24, 2.45) is 0 Å². The number of aromatic nitrogens is 2. The third kappa shape index (κ3) is 3.59. The Labute approximate surface area is 137 Å². The molecule has 1 amide bonds. The summed E-state index contributed by atoms with van der Waals surface area (Å²) in [5.41, 5.74) is 0. The van der Waals surface area contributed by atoms with E-state index in [9.17, 15) is 13.2 Å². The van der Waals surface area contributed by atoms with Gasteiger partial charge < -0.3 is 4.42 Å². The fourth-order valence-corrected chi connectivity index (χ4v) is 4.87. The Morgan fingerprint density at radius 2 is 1.96 bits per heavy atom. The summed E-state index contributed by atoms with van der Waals surface area (Å²) >= 11 is 0.840. The second kappa shape index (κ2) is 6.77. The van der Waals surface area contributed by atoms with Crippen molar-refractivity contribution < 1.29 is 17.6 Å². The maximum atomic E-state index is 12.6. The zero-order chi connectivity index (χ0) is 16.3. The first-order chi connectivity index (χ1) is 11.1. The fourth-order valence-electron chi connectivity index (χ4n) is 2.32. The normalized spacial score (nSPS) is 16.9. The molecule has 0 atom stereocenters. The quantitative estimate of drug-likeness (QED) is 0.839. The summed E-state index contributed by atoms with van der Waals surface area (Å²) in [6.07, 6.45) is 5.14. The molecule has 0 aromatic carbocycles. The van der Waals surface area contributed by atoms with Crippen molar-refractivity contribution in [1.29, 1.82) is 0 Å². The molecule has 0 bridgehead atoms. The van der Waals surface area contributed by atoms with Crippen LogP contribution in [0.2, 0.25) is 0 Å². The molecule has 0 aliphatic carbocycles. The maximum absolute atomic E-state index is 12.6. The van der Waals surface area contributed by atoms with Gasteiger partial charge in [0, 0.05) is 13.1 Å². The van der Waals surface area contributed by atoms with Crippen LogP contribution in [0.25, 0.3) is 0 Å². The molecule has 8 nitrogen and oxygen atoms in total. The lowest BCUT2D eigenvalue weighted by Gasteiger charge is -2.17. The number of amides is 1. The summed E-state index contributed by atoms with van der Waals surface area (Å²) < 4.78 is 31.4. The van der Waals surface area contributed by atoms with Gasteiger partial charge in [-0.25, -0.2) is 8.42 Å². The van der Waals surface area contributed by atoms with E-state index in [1.165, 1.54) is 16.6 Å². The van der Waals surface area contributed by atoms with Crippen molar-refractivity contribution in [3.05, 3.63) is 24.2 Å². The van der Waals surface area contributed by atoms with Crippen molar-refractivity contribution >= 4 is 32.4 Å². The Hall–Kier alpha value is -1.78. The monoisotopic (exact) mass is 356 g/mol. The molecule has 0 unspecified atom stereocenters. The van der Waals surface area contributed by atoms with Crippen molar-refractivity contribution in [2.75, 3.05) is 18.4 Å². The summed E-state index contributed by atoms with van der Waals surface area (Å²) in [5, 5.41) is 10.1. The molecular formula is C13H16N4O4S2. The molecule has 23 heavy (non-hydrogen) atoms.